The minimum absolute atomic E-state index is 0.0510. The summed E-state index contributed by atoms with van der Waals surface area (Å²) in [5.74, 6) is 1.48. The summed E-state index contributed by atoms with van der Waals surface area (Å²) in [6, 6.07) is 101. The van der Waals surface area contributed by atoms with Crippen LogP contribution >= 0.6 is 0 Å². The molecule has 2 aromatic heterocycles. The molecule has 0 amide bonds. The quantitative estimate of drug-likeness (QED) is 0.106. The summed E-state index contributed by atoms with van der Waals surface area (Å²) < 4.78 is 12.9. The first kappa shape index (κ1) is 45.2. The Kier molecular flexibility index (Phi) is 12.4. The van der Waals surface area contributed by atoms with Crippen LogP contribution in [-0.2, 0) is 0 Å². The molecule has 0 saturated heterocycles. The van der Waals surface area contributed by atoms with E-state index in [-0.39, 0.29) is 23.9 Å². The van der Waals surface area contributed by atoms with Gasteiger partial charge in [-0.1, -0.05) is 267 Å². The lowest BCUT2D eigenvalue weighted by molar-refractivity contribution is 0.484. The Labute approximate surface area is 428 Å². The first-order valence-corrected chi connectivity index (χ1v) is 25.5. The molecule has 0 aliphatic heterocycles. The third kappa shape index (κ3) is 8.43. The standard InChI is InChI=1S/C70H56N2O/c1-49-63(65(51-29-11-3-12-30-51)52-31-13-4-14-32-52)59-45-27-47-61(69(59)71(49)67(55-37-19-7-20-38-55)56-39-21-8-22-40-56)73-62-48-28-46-60-64(66(53-33-15-5-16-34-53)54-35-17-6-18-36-54)50(2)72(70(60)62)68(57-41-23-9-24-42-57)58-43-25-10-26-44-58/h3-48,65-68H,1-2H3. The monoisotopic (exact) mass is 940 g/mol. The molecule has 0 bridgehead atoms. The number of para-hydroxylation sites is 2. The van der Waals surface area contributed by atoms with Gasteiger partial charge in [0, 0.05) is 34.0 Å². The Hall–Kier alpha value is -8.92. The van der Waals surface area contributed by atoms with Crippen molar-refractivity contribution < 1.29 is 4.74 Å². The van der Waals surface area contributed by atoms with Crippen LogP contribution < -0.4 is 4.74 Å². The second kappa shape index (κ2) is 20.1. The molecule has 0 radical (unpaired) electrons. The van der Waals surface area contributed by atoms with Crippen molar-refractivity contribution in [1.82, 2.24) is 9.13 Å². The molecule has 352 valence electrons. The number of hydrogen-bond acceptors (Lipinski definition) is 1. The van der Waals surface area contributed by atoms with Crippen molar-refractivity contribution in [2.75, 3.05) is 0 Å². The largest absolute Gasteiger partial charge is 0.453 e. The highest BCUT2D eigenvalue weighted by Gasteiger charge is 2.33. The van der Waals surface area contributed by atoms with Gasteiger partial charge < -0.3 is 13.9 Å². The summed E-state index contributed by atoms with van der Waals surface area (Å²) in [6.45, 7) is 4.63. The SMILES string of the molecule is Cc1c(C(c2ccccc2)c2ccccc2)c2cccc(Oc3cccc4c(C(c5ccccc5)c5ccccc5)c(C)n(C(c5ccccc5)c5ccccc5)c34)c2n1C(c1ccccc1)c1ccccc1. The van der Waals surface area contributed by atoms with E-state index in [1.165, 1.54) is 67.0 Å². The van der Waals surface area contributed by atoms with E-state index in [1.54, 1.807) is 0 Å². The Morgan fingerprint density at radius 3 is 0.740 bits per heavy atom. The predicted molar refractivity (Wildman–Crippen MR) is 301 cm³/mol. The fourth-order valence-corrected chi connectivity index (χ4v) is 11.8. The summed E-state index contributed by atoms with van der Waals surface area (Å²) in [6.07, 6.45) is 0. The fourth-order valence-electron chi connectivity index (χ4n) is 11.8. The van der Waals surface area contributed by atoms with Crippen LogP contribution in [0.5, 0.6) is 11.5 Å². The zero-order chi connectivity index (χ0) is 49.1. The minimum atomic E-state index is -0.165. The number of benzene rings is 10. The number of hydrogen-bond donors (Lipinski definition) is 0. The Morgan fingerprint density at radius 2 is 0.493 bits per heavy atom. The number of rotatable bonds is 14. The molecule has 0 unspecified atom stereocenters. The zero-order valence-electron chi connectivity index (χ0n) is 41.2. The normalized spacial score (nSPS) is 11.6. The topological polar surface area (TPSA) is 19.1 Å². The van der Waals surface area contributed by atoms with E-state index in [1.807, 2.05) is 0 Å². The molecule has 0 spiro atoms. The van der Waals surface area contributed by atoms with Gasteiger partial charge in [0.05, 0.1) is 23.1 Å². The van der Waals surface area contributed by atoms with Gasteiger partial charge >= 0.3 is 0 Å². The molecule has 12 rings (SSSR count). The van der Waals surface area contributed by atoms with E-state index in [0.717, 1.165) is 33.3 Å². The number of nitrogens with zero attached hydrogens (tertiary/aromatic N) is 2. The fraction of sp³-hybridized carbons (Fsp3) is 0.0857. The molecular formula is C70H56N2O. The van der Waals surface area contributed by atoms with Crippen LogP contribution in [0.2, 0.25) is 0 Å². The molecule has 0 atom stereocenters. The number of aromatic nitrogens is 2. The highest BCUT2D eigenvalue weighted by molar-refractivity contribution is 5.95. The molecule has 12 aromatic rings. The average molecular weight is 941 g/mol. The van der Waals surface area contributed by atoms with Gasteiger partial charge in [-0.3, -0.25) is 0 Å². The van der Waals surface area contributed by atoms with Crippen LogP contribution in [0.15, 0.2) is 279 Å². The summed E-state index contributed by atoms with van der Waals surface area (Å²) >= 11 is 0. The summed E-state index contributed by atoms with van der Waals surface area (Å²) in [7, 11) is 0. The van der Waals surface area contributed by atoms with E-state index < -0.39 is 0 Å². The highest BCUT2D eigenvalue weighted by Crippen LogP contribution is 2.50. The molecular weight excluding hydrogens is 885 g/mol. The van der Waals surface area contributed by atoms with Crippen molar-refractivity contribution in [1.29, 1.82) is 0 Å². The molecule has 0 fully saturated rings. The summed E-state index contributed by atoms with van der Waals surface area (Å²) in [5.41, 5.74) is 16.7. The molecule has 73 heavy (non-hydrogen) atoms. The second-order valence-electron chi connectivity index (χ2n) is 19.1. The smallest absolute Gasteiger partial charge is 0.151 e. The maximum absolute atomic E-state index is 7.81. The van der Waals surface area contributed by atoms with Crippen molar-refractivity contribution in [2.24, 2.45) is 0 Å². The lowest BCUT2D eigenvalue weighted by Gasteiger charge is -2.26. The first-order chi connectivity index (χ1) is 36.1. The average Bonchev–Trinajstić information content (AvgIpc) is 3.91. The van der Waals surface area contributed by atoms with Crippen molar-refractivity contribution in [2.45, 2.75) is 37.8 Å². The Bertz CT molecular complexity index is 3350. The first-order valence-electron chi connectivity index (χ1n) is 25.5. The van der Waals surface area contributed by atoms with Gasteiger partial charge in [-0.2, -0.15) is 0 Å². The maximum atomic E-state index is 7.81. The molecule has 0 aliphatic carbocycles. The van der Waals surface area contributed by atoms with Crippen LogP contribution in [-0.4, -0.2) is 9.13 Å². The molecule has 0 aliphatic rings. The molecule has 2 heterocycles. The Morgan fingerprint density at radius 1 is 0.260 bits per heavy atom. The van der Waals surface area contributed by atoms with Gasteiger partial charge in [-0.25, -0.2) is 0 Å². The summed E-state index contributed by atoms with van der Waals surface area (Å²) in [5, 5.41) is 2.31. The lowest BCUT2D eigenvalue weighted by Crippen LogP contribution is -2.15. The van der Waals surface area contributed by atoms with Crippen molar-refractivity contribution in [3.63, 3.8) is 0 Å². The van der Waals surface area contributed by atoms with Gasteiger partial charge in [0.15, 0.2) is 11.5 Å². The van der Waals surface area contributed by atoms with E-state index in [2.05, 4.69) is 302 Å². The van der Waals surface area contributed by atoms with Crippen LogP contribution in [0.1, 0.15) is 90.9 Å². The third-order valence-corrected chi connectivity index (χ3v) is 14.9. The molecule has 0 N–H and O–H groups in total. The van der Waals surface area contributed by atoms with Gasteiger partial charge in [0.1, 0.15) is 0 Å². The van der Waals surface area contributed by atoms with E-state index in [4.69, 9.17) is 4.74 Å². The van der Waals surface area contributed by atoms with Crippen LogP contribution in [0.25, 0.3) is 21.8 Å². The van der Waals surface area contributed by atoms with Gasteiger partial charge in [0.2, 0.25) is 0 Å². The molecule has 3 nitrogen and oxygen atoms in total. The van der Waals surface area contributed by atoms with E-state index >= 15 is 0 Å². The van der Waals surface area contributed by atoms with Crippen molar-refractivity contribution in [3.8, 4) is 11.5 Å². The number of ether oxygens (including phenoxy) is 1. The van der Waals surface area contributed by atoms with Crippen molar-refractivity contribution in [3.05, 3.63) is 346 Å². The Balaban J connectivity index is 1.17. The van der Waals surface area contributed by atoms with Crippen molar-refractivity contribution >= 4 is 21.8 Å². The second-order valence-corrected chi connectivity index (χ2v) is 19.1. The maximum Gasteiger partial charge on any atom is 0.151 e. The lowest BCUT2D eigenvalue weighted by atomic mass is 9.83. The minimum Gasteiger partial charge on any atom is -0.453 e. The van der Waals surface area contributed by atoms with Gasteiger partial charge in [0.25, 0.3) is 0 Å². The van der Waals surface area contributed by atoms with E-state index in [9.17, 15) is 0 Å². The summed E-state index contributed by atoms with van der Waals surface area (Å²) in [4.78, 5) is 0. The van der Waals surface area contributed by atoms with Gasteiger partial charge in [-0.05, 0) is 81.6 Å². The third-order valence-electron chi connectivity index (χ3n) is 14.9. The van der Waals surface area contributed by atoms with E-state index in [0.29, 0.717) is 0 Å². The molecule has 10 aromatic carbocycles. The highest BCUT2D eigenvalue weighted by atomic mass is 16.5. The van der Waals surface area contributed by atoms with Crippen LogP contribution in [0.3, 0.4) is 0 Å². The zero-order valence-corrected chi connectivity index (χ0v) is 41.2. The predicted octanol–water partition coefficient (Wildman–Crippen LogP) is 17.6. The number of fused-ring (bicyclic) bond motifs is 2. The van der Waals surface area contributed by atoms with Crippen LogP contribution in [0, 0.1) is 13.8 Å². The van der Waals surface area contributed by atoms with Gasteiger partial charge in [-0.15, -0.1) is 0 Å². The van der Waals surface area contributed by atoms with Crippen LogP contribution in [0.4, 0.5) is 0 Å². The molecule has 3 heteroatoms. The molecule has 0 saturated carbocycles.